The second-order valence-electron chi connectivity index (χ2n) is 4.59. The van der Waals surface area contributed by atoms with E-state index in [1.54, 1.807) is 11.3 Å². The fraction of sp³-hybridized carbons (Fsp3) is 0.500. The molecule has 96 valence electrons. The fourth-order valence-electron chi connectivity index (χ4n) is 2.25. The summed E-state index contributed by atoms with van der Waals surface area (Å²) < 4.78 is 6.39. The Bertz CT molecular complexity index is 532. The number of rotatable bonds is 2. The average Bonchev–Trinajstić information content (AvgIpc) is 2.98. The van der Waals surface area contributed by atoms with Gasteiger partial charge in [-0.25, -0.2) is 0 Å². The van der Waals surface area contributed by atoms with Crippen LogP contribution in [0.15, 0.2) is 20.4 Å². The van der Waals surface area contributed by atoms with Crippen LogP contribution in [0.5, 0.6) is 0 Å². The normalized spacial score (nSPS) is 24.3. The molecule has 0 aromatic carbocycles. The van der Waals surface area contributed by atoms with E-state index in [0.29, 0.717) is 17.6 Å². The standard InChI is InChI=1S/C12H13BrN2O2S/c13-8-5-10(18-6-8)11-14-12(17-15-11)7-1-3-9(16)4-2-7/h5-7,9,16H,1-4H2. The van der Waals surface area contributed by atoms with Crippen LogP contribution in [0.4, 0.5) is 0 Å². The van der Waals surface area contributed by atoms with Crippen LogP contribution in [0, 0.1) is 0 Å². The molecule has 18 heavy (non-hydrogen) atoms. The van der Waals surface area contributed by atoms with Crippen molar-refractivity contribution in [2.75, 3.05) is 0 Å². The summed E-state index contributed by atoms with van der Waals surface area (Å²) in [5.74, 6) is 1.67. The van der Waals surface area contributed by atoms with Gasteiger partial charge in [0, 0.05) is 15.8 Å². The molecule has 1 aliphatic carbocycles. The Kier molecular flexibility index (Phi) is 3.50. The van der Waals surface area contributed by atoms with E-state index in [9.17, 15) is 5.11 Å². The number of aliphatic hydroxyl groups is 1. The van der Waals surface area contributed by atoms with Crippen LogP contribution in [0.1, 0.15) is 37.5 Å². The molecule has 0 radical (unpaired) electrons. The lowest BCUT2D eigenvalue weighted by molar-refractivity contribution is 0.116. The molecule has 4 nitrogen and oxygen atoms in total. The van der Waals surface area contributed by atoms with E-state index in [-0.39, 0.29) is 6.10 Å². The number of halogens is 1. The summed E-state index contributed by atoms with van der Waals surface area (Å²) in [6.07, 6.45) is 3.35. The third-order valence-electron chi connectivity index (χ3n) is 3.28. The van der Waals surface area contributed by atoms with Gasteiger partial charge in [-0.1, -0.05) is 5.16 Å². The van der Waals surface area contributed by atoms with Crippen LogP contribution in [0.3, 0.4) is 0 Å². The SMILES string of the molecule is OC1CCC(c2nc(-c3cc(Br)cs3)no2)CC1. The van der Waals surface area contributed by atoms with Gasteiger partial charge in [0.1, 0.15) is 0 Å². The Balaban J connectivity index is 1.77. The molecule has 6 heteroatoms. The molecule has 0 saturated heterocycles. The first kappa shape index (κ1) is 12.3. The van der Waals surface area contributed by atoms with E-state index >= 15 is 0 Å². The van der Waals surface area contributed by atoms with Crippen LogP contribution in [0.25, 0.3) is 10.7 Å². The lowest BCUT2D eigenvalue weighted by atomic mass is 9.87. The monoisotopic (exact) mass is 328 g/mol. The molecule has 1 aliphatic rings. The zero-order chi connectivity index (χ0) is 12.5. The van der Waals surface area contributed by atoms with E-state index < -0.39 is 0 Å². The number of thiophene rings is 1. The maximum atomic E-state index is 9.49. The van der Waals surface area contributed by atoms with Gasteiger partial charge in [0.25, 0.3) is 0 Å². The number of aliphatic hydroxyl groups excluding tert-OH is 1. The lowest BCUT2D eigenvalue weighted by Gasteiger charge is -2.22. The highest BCUT2D eigenvalue weighted by Gasteiger charge is 2.25. The van der Waals surface area contributed by atoms with Crippen LogP contribution < -0.4 is 0 Å². The molecule has 1 saturated carbocycles. The maximum Gasteiger partial charge on any atom is 0.230 e. The summed E-state index contributed by atoms with van der Waals surface area (Å²) in [6.45, 7) is 0. The smallest absolute Gasteiger partial charge is 0.230 e. The Morgan fingerprint density at radius 3 is 2.78 bits per heavy atom. The van der Waals surface area contributed by atoms with Crippen LogP contribution >= 0.6 is 27.3 Å². The van der Waals surface area contributed by atoms with E-state index in [2.05, 4.69) is 26.1 Å². The molecule has 0 atom stereocenters. The first-order valence-electron chi connectivity index (χ1n) is 5.98. The van der Waals surface area contributed by atoms with Crippen LogP contribution in [0.2, 0.25) is 0 Å². The van der Waals surface area contributed by atoms with E-state index in [1.165, 1.54) is 0 Å². The van der Waals surface area contributed by atoms with Crippen molar-refractivity contribution in [2.24, 2.45) is 0 Å². The molecule has 2 aromatic rings. The van der Waals surface area contributed by atoms with Gasteiger partial charge >= 0.3 is 0 Å². The van der Waals surface area contributed by atoms with E-state index in [1.807, 2.05) is 11.4 Å². The van der Waals surface area contributed by atoms with Gasteiger partial charge in [-0.3, -0.25) is 0 Å². The van der Waals surface area contributed by atoms with Gasteiger partial charge in [0.05, 0.1) is 11.0 Å². The van der Waals surface area contributed by atoms with Crippen molar-refractivity contribution >= 4 is 27.3 Å². The van der Waals surface area contributed by atoms with Crippen molar-refractivity contribution < 1.29 is 9.63 Å². The first-order chi connectivity index (χ1) is 8.72. The van der Waals surface area contributed by atoms with Crippen molar-refractivity contribution in [1.82, 2.24) is 10.1 Å². The van der Waals surface area contributed by atoms with E-state index in [4.69, 9.17) is 4.52 Å². The molecule has 2 aromatic heterocycles. The van der Waals surface area contributed by atoms with Gasteiger partial charge < -0.3 is 9.63 Å². The van der Waals surface area contributed by atoms with Gasteiger partial charge in [-0.2, -0.15) is 4.98 Å². The molecule has 1 N–H and O–H groups in total. The minimum Gasteiger partial charge on any atom is -0.393 e. The zero-order valence-electron chi connectivity index (χ0n) is 9.67. The van der Waals surface area contributed by atoms with Crippen molar-refractivity contribution in [3.05, 3.63) is 21.8 Å². The Morgan fingerprint density at radius 2 is 2.11 bits per heavy atom. The fourth-order valence-corrected chi connectivity index (χ4v) is 3.61. The summed E-state index contributed by atoms with van der Waals surface area (Å²) in [4.78, 5) is 5.48. The van der Waals surface area contributed by atoms with Gasteiger partial charge in [0.15, 0.2) is 0 Å². The summed E-state index contributed by atoms with van der Waals surface area (Å²) in [5.41, 5.74) is 0. The second-order valence-corrected chi connectivity index (χ2v) is 6.42. The average molecular weight is 329 g/mol. The largest absolute Gasteiger partial charge is 0.393 e. The lowest BCUT2D eigenvalue weighted by Crippen LogP contribution is -2.17. The van der Waals surface area contributed by atoms with Crippen molar-refractivity contribution in [3.63, 3.8) is 0 Å². The molecule has 0 spiro atoms. The minimum atomic E-state index is -0.156. The van der Waals surface area contributed by atoms with Gasteiger partial charge in [-0.15, -0.1) is 11.3 Å². The van der Waals surface area contributed by atoms with E-state index in [0.717, 1.165) is 35.0 Å². The van der Waals surface area contributed by atoms with Crippen LogP contribution in [-0.2, 0) is 0 Å². The molecule has 0 bridgehead atoms. The molecular weight excluding hydrogens is 316 g/mol. The third kappa shape index (κ3) is 2.50. The molecular formula is C12H13BrN2O2S. The van der Waals surface area contributed by atoms with Crippen molar-refractivity contribution in [1.29, 1.82) is 0 Å². The third-order valence-corrected chi connectivity index (χ3v) is 4.96. The molecule has 0 unspecified atom stereocenters. The summed E-state index contributed by atoms with van der Waals surface area (Å²) >= 11 is 5.01. The maximum absolute atomic E-state index is 9.49. The Morgan fingerprint density at radius 1 is 1.33 bits per heavy atom. The van der Waals surface area contributed by atoms with Gasteiger partial charge in [-0.05, 0) is 47.7 Å². The van der Waals surface area contributed by atoms with Crippen molar-refractivity contribution in [3.8, 4) is 10.7 Å². The highest BCUT2D eigenvalue weighted by molar-refractivity contribution is 9.10. The number of aromatic nitrogens is 2. The highest BCUT2D eigenvalue weighted by Crippen LogP contribution is 2.34. The predicted molar refractivity (Wildman–Crippen MR) is 72.5 cm³/mol. The molecule has 0 amide bonds. The number of nitrogens with zero attached hydrogens (tertiary/aromatic N) is 2. The summed E-state index contributed by atoms with van der Waals surface area (Å²) in [5, 5.41) is 15.5. The molecule has 1 fully saturated rings. The van der Waals surface area contributed by atoms with Gasteiger partial charge in [0.2, 0.25) is 11.7 Å². The zero-order valence-corrected chi connectivity index (χ0v) is 12.1. The molecule has 0 aliphatic heterocycles. The summed E-state index contributed by atoms with van der Waals surface area (Å²) in [7, 11) is 0. The molecule has 3 rings (SSSR count). The summed E-state index contributed by atoms with van der Waals surface area (Å²) in [6, 6.07) is 1.99. The predicted octanol–water partition coefficient (Wildman–Crippen LogP) is 3.58. The second kappa shape index (κ2) is 5.11. The number of hydrogen-bond donors (Lipinski definition) is 1. The molecule has 2 heterocycles. The minimum absolute atomic E-state index is 0.156. The Labute approximate surface area is 117 Å². The quantitative estimate of drug-likeness (QED) is 0.915. The highest BCUT2D eigenvalue weighted by atomic mass is 79.9. The number of hydrogen-bond acceptors (Lipinski definition) is 5. The van der Waals surface area contributed by atoms with Crippen LogP contribution in [-0.4, -0.2) is 21.4 Å². The first-order valence-corrected chi connectivity index (χ1v) is 7.65. The topological polar surface area (TPSA) is 59.2 Å². The Hall–Kier alpha value is -0.720. The van der Waals surface area contributed by atoms with Crippen molar-refractivity contribution in [2.45, 2.75) is 37.7 Å².